The van der Waals surface area contributed by atoms with Crippen LogP contribution in [0.5, 0.6) is 0 Å². The van der Waals surface area contributed by atoms with E-state index in [1.165, 1.54) is 0 Å². The molecule has 0 radical (unpaired) electrons. The number of rotatable bonds is 0. The SMILES string of the molecule is O=C1NC(=O)[C@]2(CCc3ccc(Br)cc32)N1. The Morgan fingerprint density at radius 1 is 1.31 bits per heavy atom. The highest BCUT2D eigenvalue weighted by Gasteiger charge is 2.51. The lowest BCUT2D eigenvalue weighted by Crippen LogP contribution is -2.41. The van der Waals surface area contributed by atoms with Crippen LogP contribution >= 0.6 is 15.9 Å². The van der Waals surface area contributed by atoms with Gasteiger partial charge in [0.2, 0.25) is 0 Å². The molecule has 0 unspecified atom stereocenters. The maximum absolute atomic E-state index is 11.9. The molecule has 1 heterocycles. The Labute approximate surface area is 101 Å². The number of fused-ring (bicyclic) bond motifs is 2. The van der Waals surface area contributed by atoms with Crippen LogP contribution in [0.1, 0.15) is 17.5 Å². The van der Waals surface area contributed by atoms with Crippen molar-refractivity contribution in [3.8, 4) is 0 Å². The second-order valence-corrected chi connectivity index (χ2v) is 5.03. The zero-order valence-electron chi connectivity index (χ0n) is 8.34. The minimum absolute atomic E-state index is 0.241. The fraction of sp³-hybridized carbons (Fsp3) is 0.273. The number of hydrogen-bond acceptors (Lipinski definition) is 2. The van der Waals surface area contributed by atoms with Crippen molar-refractivity contribution in [2.24, 2.45) is 0 Å². The summed E-state index contributed by atoms with van der Waals surface area (Å²) in [6, 6.07) is 5.45. The highest BCUT2D eigenvalue weighted by atomic mass is 79.9. The molecule has 4 nitrogen and oxygen atoms in total. The van der Waals surface area contributed by atoms with E-state index in [2.05, 4.69) is 26.6 Å². The Morgan fingerprint density at radius 3 is 2.81 bits per heavy atom. The number of halogens is 1. The van der Waals surface area contributed by atoms with E-state index in [9.17, 15) is 9.59 Å². The number of nitrogens with one attached hydrogen (secondary N) is 2. The summed E-state index contributed by atoms with van der Waals surface area (Å²) in [6.07, 6.45) is 1.45. The number of amides is 3. The van der Waals surface area contributed by atoms with Gasteiger partial charge in [-0.05, 0) is 36.1 Å². The zero-order valence-corrected chi connectivity index (χ0v) is 9.93. The monoisotopic (exact) mass is 280 g/mol. The van der Waals surface area contributed by atoms with Gasteiger partial charge in [0.25, 0.3) is 5.91 Å². The second kappa shape index (κ2) is 3.07. The van der Waals surface area contributed by atoms with Crippen molar-refractivity contribution in [2.75, 3.05) is 0 Å². The maximum atomic E-state index is 11.9. The van der Waals surface area contributed by atoms with E-state index in [4.69, 9.17) is 0 Å². The maximum Gasteiger partial charge on any atom is 0.322 e. The summed E-state index contributed by atoms with van der Waals surface area (Å²) in [4.78, 5) is 23.1. The molecule has 0 aromatic heterocycles. The Bertz CT molecular complexity index is 515. The molecule has 82 valence electrons. The molecule has 2 aliphatic rings. The normalized spacial score (nSPS) is 26.8. The first-order chi connectivity index (χ1) is 7.62. The van der Waals surface area contributed by atoms with Crippen molar-refractivity contribution >= 4 is 27.9 Å². The quantitative estimate of drug-likeness (QED) is 0.707. The summed E-state index contributed by atoms with van der Waals surface area (Å²) in [5.41, 5.74) is 1.20. The molecule has 1 saturated heterocycles. The molecule has 0 bridgehead atoms. The van der Waals surface area contributed by atoms with Crippen molar-refractivity contribution in [3.05, 3.63) is 33.8 Å². The first kappa shape index (κ1) is 9.84. The molecule has 1 aliphatic heterocycles. The number of urea groups is 1. The van der Waals surface area contributed by atoms with E-state index >= 15 is 0 Å². The van der Waals surface area contributed by atoms with Crippen molar-refractivity contribution < 1.29 is 9.59 Å². The summed E-state index contributed by atoms with van der Waals surface area (Å²) in [5, 5.41) is 5.05. The van der Waals surface area contributed by atoms with Crippen LogP contribution in [0.25, 0.3) is 0 Å². The van der Waals surface area contributed by atoms with Crippen molar-refractivity contribution in [3.63, 3.8) is 0 Å². The second-order valence-electron chi connectivity index (χ2n) is 4.12. The molecule has 1 aliphatic carbocycles. The molecule has 1 spiro atoms. The molecule has 3 amide bonds. The molecular weight excluding hydrogens is 272 g/mol. The van der Waals surface area contributed by atoms with Gasteiger partial charge in [-0.1, -0.05) is 22.0 Å². The van der Waals surface area contributed by atoms with Crippen LogP contribution in [0.2, 0.25) is 0 Å². The third-order valence-corrected chi connectivity index (χ3v) is 3.74. The summed E-state index contributed by atoms with van der Waals surface area (Å²) in [6.45, 7) is 0. The number of carbonyl (C=O) groups is 2. The van der Waals surface area contributed by atoms with Crippen LogP contribution in [0.15, 0.2) is 22.7 Å². The first-order valence-corrected chi connectivity index (χ1v) is 5.84. The third-order valence-electron chi connectivity index (χ3n) is 3.24. The average molecular weight is 281 g/mol. The molecule has 1 fully saturated rings. The average Bonchev–Trinajstić information content (AvgIpc) is 2.71. The van der Waals surface area contributed by atoms with Crippen molar-refractivity contribution in [1.82, 2.24) is 10.6 Å². The first-order valence-electron chi connectivity index (χ1n) is 5.04. The molecule has 16 heavy (non-hydrogen) atoms. The minimum Gasteiger partial charge on any atom is -0.319 e. The van der Waals surface area contributed by atoms with Gasteiger partial charge in [-0.3, -0.25) is 10.1 Å². The highest BCUT2D eigenvalue weighted by molar-refractivity contribution is 9.10. The number of carbonyl (C=O) groups excluding carboxylic acids is 2. The molecule has 0 saturated carbocycles. The lowest BCUT2D eigenvalue weighted by molar-refractivity contribution is -0.124. The molecule has 3 rings (SSSR count). The van der Waals surface area contributed by atoms with Gasteiger partial charge >= 0.3 is 6.03 Å². The number of aryl methyl sites for hydroxylation is 1. The number of hydrogen-bond donors (Lipinski definition) is 2. The summed E-state index contributed by atoms with van der Waals surface area (Å²) >= 11 is 3.39. The van der Waals surface area contributed by atoms with Gasteiger partial charge in [0.15, 0.2) is 0 Å². The van der Waals surface area contributed by atoms with E-state index < -0.39 is 11.6 Å². The molecule has 5 heteroatoms. The minimum atomic E-state index is -0.837. The fourth-order valence-electron chi connectivity index (χ4n) is 2.48. The zero-order chi connectivity index (χ0) is 11.3. The van der Waals surface area contributed by atoms with E-state index in [0.29, 0.717) is 6.42 Å². The van der Waals surface area contributed by atoms with Crippen molar-refractivity contribution in [2.45, 2.75) is 18.4 Å². The highest BCUT2D eigenvalue weighted by Crippen LogP contribution is 2.40. The fourth-order valence-corrected chi connectivity index (χ4v) is 2.84. The molecule has 2 N–H and O–H groups in total. The summed E-state index contributed by atoms with van der Waals surface area (Å²) in [7, 11) is 0. The van der Waals surface area contributed by atoms with Crippen molar-refractivity contribution in [1.29, 1.82) is 0 Å². The molecule has 1 aromatic rings. The van der Waals surface area contributed by atoms with Gasteiger partial charge in [-0.25, -0.2) is 4.79 Å². The van der Waals surface area contributed by atoms with Crippen LogP contribution in [0.4, 0.5) is 4.79 Å². The lowest BCUT2D eigenvalue weighted by Gasteiger charge is -2.21. The summed E-state index contributed by atoms with van der Waals surface area (Å²) in [5.74, 6) is -0.241. The molecular formula is C11H9BrN2O2. The number of benzene rings is 1. The Morgan fingerprint density at radius 2 is 2.12 bits per heavy atom. The smallest absolute Gasteiger partial charge is 0.319 e. The Hall–Kier alpha value is -1.36. The third kappa shape index (κ3) is 1.15. The van der Waals surface area contributed by atoms with Crippen LogP contribution in [-0.4, -0.2) is 11.9 Å². The van der Waals surface area contributed by atoms with Gasteiger partial charge in [-0.15, -0.1) is 0 Å². The number of imide groups is 1. The van der Waals surface area contributed by atoms with Crippen LogP contribution in [0.3, 0.4) is 0 Å². The topological polar surface area (TPSA) is 58.2 Å². The standard InChI is InChI=1S/C11H9BrN2O2/c12-7-2-1-6-3-4-11(8(6)5-7)9(15)13-10(16)14-11/h1-2,5H,3-4H2,(H2,13,14,15,16)/t11-/m1/s1. The largest absolute Gasteiger partial charge is 0.322 e. The van der Waals surface area contributed by atoms with E-state index in [0.717, 1.165) is 22.0 Å². The lowest BCUT2D eigenvalue weighted by atomic mass is 9.92. The van der Waals surface area contributed by atoms with Crippen LogP contribution in [-0.2, 0) is 16.8 Å². The van der Waals surface area contributed by atoms with Crippen LogP contribution in [0, 0.1) is 0 Å². The van der Waals surface area contributed by atoms with Gasteiger partial charge < -0.3 is 5.32 Å². The van der Waals surface area contributed by atoms with E-state index in [1.807, 2.05) is 18.2 Å². The van der Waals surface area contributed by atoms with Gasteiger partial charge in [0, 0.05) is 4.47 Å². The summed E-state index contributed by atoms with van der Waals surface area (Å²) < 4.78 is 0.918. The van der Waals surface area contributed by atoms with Gasteiger partial charge in [-0.2, -0.15) is 0 Å². The van der Waals surface area contributed by atoms with Gasteiger partial charge in [0.1, 0.15) is 5.54 Å². The predicted octanol–water partition coefficient (Wildman–Crippen LogP) is 1.43. The van der Waals surface area contributed by atoms with E-state index in [-0.39, 0.29) is 5.91 Å². The Kier molecular flexibility index (Phi) is 1.89. The molecule has 1 aromatic carbocycles. The predicted molar refractivity (Wildman–Crippen MR) is 60.8 cm³/mol. The van der Waals surface area contributed by atoms with Crippen LogP contribution < -0.4 is 10.6 Å². The Balaban J connectivity index is 2.18. The van der Waals surface area contributed by atoms with E-state index in [1.54, 1.807) is 0 Å². The van der Waals surface area contributed by atoms with Gasteiger partial charge in [0.05, 0.1) is 0 Å². The molecule has 1 atom stereocenters.